The summed E-state index contributed by atoms with van der Waals surface area (Å²) in [4.78, 5) is 11.0. The first-order valence-electron chi connectivity index (χ1n) is 4.52. The van der Waals surface area contributed by atoms with Crippen molar-refractivity contribution in [2.24, 2.45) is 0 Å². The molecule has 0 saturated carbocycles. The Balaban J connectivity index is 2.66. The Labute approximate surface area is 87.5 Å². The van der Waals surface area contributed by atoms with Gasteiger partial charge >= 0.3 is 5.97 Å². The van der Waals surface area contributed by atoms with E-state index < -0.39 is 15.8 Å². The third kappa shape index (κ3) is 1.52. The van der Waals surface area contributed by atoms with Gasteiger partial charge in [-0.15, -0.1) is 0 Å². The molecule has 1 aliphatic heterocycles. The van der Waals surface area contributed by atoms with Gasteiger partial charge in [0.15, 0.2) is 9.84 Å². The standard InChI is InChI=1S/C10H10O4S/c1-6-5-15(13,14)9-3-2-7(10(11)12)4-8(6)9/h2-4,6H,5H2,1H3,(H,11,12). The third-order valence-electron chi connectivity index (χ3n) is 2.59. The maximum absolute atomic E-state index is 11.6. The Morgan fingerprint density at radius 3 is 2.73 bits per heavy atom. The van der Waals surface area contributed by atoms with Crippen LogP contribution >= 0.6 is 0 Å². The van der Waals surface area contributed by atoms with Crippen molar-refractivity contribution in [1.82, 2.24) is 0 Å². The molecular formula is C10H10O4S. The molecule has 80 valence electrons. The molecule has 1 N–H and O–H groups in total. The smallest absolute Gasteiger partial charge is 0.335 e. The maximum atomic E-state index is 11.6. The molecule has 1 heterocycles. The predicted molar refractivity (Wildman–Crippen MR) is 53.9 cm³/mol. The molecule has 1 aromatic rings. The molecule has 0 aromatic heterocycles. The average Bonchev–Trinajstić information content (AvgIpc) is 2.37. The molecule has 0 radical (unpaired) electrons. The van der Waals surface area contributed by atoms with Crippen LogP contribution in [0.4, 0.5) is 0 Å². The first-order chi connectivity index (χ1) is 6.92. The summed E-state index contributed by atoms with van der Waals surface area (Å²) in [5, 5.41) is 8.78. The fourth-order valence-electron chi connectivity index (χ4n) is 1.86. The van der Waals surface area contributed by atoms with E-state index in [1.165, 1.54) is 18.2 Å². The van der Waals surface area contributed by atoms with Crippen molar-refractivity contribution in [2.75, 3.05) is 5.75 Å². The zero-order valence-corrected chi connectivity index (χ0v) is 8.91. The van der Waals surface area contributed by atoms with Crippen LogP contribution in [0.1, 0.15) is 28.8 Å². The fraction of sp³-hybridized carbons (Fsp3) is 0.300. The van der Waals surface area contributed by atoms with E-state index in [-0.39, 0.29) is 22.1 Å². The first kappa shape index (κ1) is 10.2. The number of hydrogen-bond donors (Lipinski definition) is 1. The molecule has 0 saturated heterocycles. The lowest BCUT2D eigenvalue weighted by molar-refractivity contribution is 0.0696. The Hall–Kier alpha value is -1.36. The van der Waals surface area contributed by atoms with E-state index in [0.717, 1.165) is 0 Å². The van der Waals surface area contributed by atoms with Crippen LogP contribution in [-0.2, 0) is 9.84 Å². The van der Waals surface area contributed by atoms with Crippen LogP contribution in [0.2, 0.25) is 0 Å². The Morgan fingerprint density at radius 2 is 2.13 bits per heavy atom. The van der Waals surface area contributed by atoms with Crippen LogP contribution in [0, 0.1) is 0 Å². The highest BCUT2D eigenvalue weighted by molar-refractivity contribution is 7.91. The van der Waals surface area contributed by atoms with Crippen molar-refractivity contribution in [3.8, 4) is 0 Å². The number of benzene rings is 1. The molecule has 1 atom stereocenters. The highest BCUT2D eigenvalue weighted by Crippen LogP contribution is 2.34. The van der Waals surface area contributed by atoms with Gasteiger partial charge in [-0.1, -0.05) is 6.92 Å². The van der Waals surface area contributed by atoms with Gasteiger partial charge in [0.05, 0.1) is 16.2 Å². The number of fused-ring (bicyclic) bond motifs is 1. The topological polar surface area (TPSA) is 71.4 Å². The summed E-state index contributed by atoms with van der Waals surface area (Å²) in [6, 6.07) is 4.17. The summed E-state index contributed by atoms with van der Waals surface area (Å²) in [5.74, 6) is -1.08. The Kier molecular flexibility index (Phi) is 2.08. The van der Waals surface area contributed by atoms with E-state index in [0.29, 0.717) is 5.56 Å². The van der Waals surface area contributed by atoms with Crippen molar-refractivity contribution in [3.05, 3.63) is 29.3 Å². The first-order valence-corrected chi connectivity index (χ1v) is 6.17. The lowest BCUT2D eigenvalue weighted by Gasteiger charge is -2.02. The van der Waals surface area contributed by atoms with Crippen LogP contribution in [0.3, 0.4) is 0 Å². The molecule has 4 nitrogen and oxygen atoms in total. The zero-order valence-electron chi connectivity index (χ0n) is 8.10. The monoisotopic (exact) mass is 226 g/mol. The summed E-state index contributed by atoms with van der Waals surface area (Å²) in [6.07, 6.45) is 0. The van der Waals surface area contributed by atoms with E-state index in [9.17, 15) is 13.2 Å². The molecule has 1 aromatic carbocycles. The SMILES string of the molecule is CC1CS(=O)(=O)c2ccc(C(=O)O)cc21. The minimum absolute atomic E-state index is 0.0748. The highest BCUT2D eigenvalue weighted by Gasteiger charge is 2.32. The minimum atomic E-state index is -3.19. The van der Waals surface area contributed by atoms with Crippen molar-refractivity contribution >= 4 is 15.8 Å². The molecule has 2 rings (SSSR count). The molecule has 5 heteroatoms. The fourth-order valence-corrected chi connectivity index (χ4v) is 3.77. The lowest BCUT2D eigenvalue weighted by Crippen LogP contribution is -2.00. The number of aromatic carboxylic acids is 1. The molecule has 0 aliphatic carbocycles. The summed E-state index contributed by atoms with van der Waals surface area (Å²) in [5.41, 5.74) is 0.757. The normalized spacial score (nSPS) is 22.3. The number of sulfone groups is 1. The average molecular weight is 226 g/mol. The number of carboxylic acid groups (broad SMARTS) is 1. The van der Waals surface area contributed by atoms with E-state index in [4.69, 9.17) is 5.11 Å². The van der Waals surface area contributed by atoms with Crippen LogP contribution in [-0.4, -0.2) is 25.2 Å². The van der Waals surface area contributed by atoms with Gasteiger partial charge in [-0.3, -0.25) is 0 Å². The van der Waals surface area contributed by atoms with Crippen LogP contribution in [0.15, 0.2) is 23.1 Å². The summed E-state index contributed by atoms with van der Waals surface area (Å²) in [7, 11) is -3.19. The Morgan fingerprint density at radius 1 is 1.47 bits per heavy atom. The van der Waals surface area contributed by atoms with Crippen molar-refractivity contribution in [2.45, 2.75) is 17.7 Å². The van der Waals surface area contributed by atoms with Gasteiger partial charge in [-0.05, 0) is 29.7 Å². The van der Waals surface area contributed by atoms with Crippen molar-refractivity contribution in [1.29, 1.82) is 0 Å². The summed E-state index contributed by atoms with van der Waals surface area (Å²) < 4.78 is 23.2. The zero-order chi connectivity index (χ0) is 11.2. The quantitative estimate of drug-likeness (QED) is 0.782. The van der Waals surface area contributed by atoms with Crippen LogP contribution < -0.4 is 0 Å². The van der Waals surface area contributed by atoms with E-state index in [2.05, 4.69) is 0 Å². The third-order valence-corrected chi connectivity index (χ3v) is 4.57. The minimum Gasteiger partial charge on any atom is -0.478 e. The summed E-state index contributed by atoms with van der Waals surface area (Å²) >= 11 is 0. The second kappa shape index (κ2) is 3.06. The molecule has 1 aliphatic rings. The Bertz CT molecular complexity index is 530. The predicted octanol–water partition coefficient (Wildman–Crippen LogP) is 1.28. The number of rotatable bonds is 1. The molecule has 15 heavy (non-hydrogen) atoms. The second-order valence-corrected chi connectivity index (χ2v) is 5.74. The molecule has 0 fully saturated rings. The van der Waals surface area contributed by atoms with E-state index in [1.807, 2.05) is 0 Å². The van der Waals surface area contributed by atoms with Gasteiger partial charge in [0.25, 0.3) is 0 Å². The molecular weight excluding hydrogens is 216 g/mol. The van der Waals surface area contributed by atoms with E-state index >= 15 is 0 Å². The lowest BCUT2D eigenvalue weighted by atomic mass is 10.0. The number of carbonyl (C=O) groups is 1. The van der Waals surface area contributed by atoms with Gasteiger partial charge in [0.2, 0.25) is 0 Å². The van der Waals surface area contributed by atoms with Gasteiger partial charge in [0.1, 0.15) is 0 Å². The largest absolute Gasteiger partial charge is 0.478 e. The second-order valence-electron chi connectivity index (χ2n) is 3.74. The van der Waals surface area contributed by atoms with Crippen molar-refractivity contribution < 1.29 is 18.3 Å². The molecule has 0 bridgehead atoms. The molecule has 1 unspecified atom stereocenters. The maximum Gasteiger partial charge on any atom is 0.335 e. The van der Waals surface area contributed by atoms with Gasteiger partial charge in [-0.2, -0.15) is 0 Å². The number of hydrogen-bond acceptors (Lipinski definition) is 3. The van der Waals surface area contributed by atoms with Gasteiger partial charge in [-0.25, -0.2) is 13.2 Å². The van der Waals surface area contributed by atoms with Crippen LogP contribution in [0.25, 0.3) is 0 Å². The molecule has 0 amide bonds. The van der Waals surface area contributed by atoms with Crippen LogP contribution in [0.5, 0.6) is 0 Å². The summed E-state index contributed by atoms with van der Waals surface area (Å²) in [6.45, 7) is 1.79. The molecule has 0 spiro atoms. The number of carboxylic acids is 1. The highest BCUT2D eigenvalue weighted by atomic mass is 32.2. The van der Waals surface area contributed by atoms with Gasteiger partial charge < -0.3 is 5.11 Å². The van der Waals surface area contributed by atoms with E-state index in [1.54, 1.807) is 6.92 Å². The van der Waals surface area contributed by atoms with Gasteiger partial charge in [0, 0.05) is 0 Å². The van der Waals surface area contributed by atoms with Crippen molar-refractivity contribution in [3.63, 3.8) is 0 Å².